The number of benzene rings is 2. The van der Waals surface area contributed by atoms with Gasteiger partial charge in [-0.3, -0.25) is 9.59 Å². The molecule has 10 heteroatoms. The third-order valence-corrected chi connectivity index (χ3v) is 6.66. The highest BCUT2D eigenvalue weighted by Crippen LogP contribution is 2.14. The van der Waals surface area contributed by atoms with Crippen molar-refractivity contribution in [2.24, 2.45) is 5.73 Å². The van der Waals surface area contributed by atoms with Crippen molar-refractivity contribution in [3.8, 4) is 0 Å². The summed E-state index contributed by atoms with van der Waals surface area (Å²) in [5.41, 5.74) is 6.24. The molecule has 0 aliphatic carbocycles. The molecule has 0 saturated heterocycles. The zero-order valence-electron chi connectivity index (χ0n) is 23.4. The topological polar surface area (TPSA) is 137 Å². The van der Waals surface area contributed by atoms with Crippen LogP contribution in [0.3, 0.4) is 0 Å². The molecular weight excluding hydrogens is 496 g/mol. The minimum Gasteiger partial charge on any atom is -0.368 e. The quantitative estimate of drug-likeness (QED) is 0.293. The number of nitrogens with one attached hydrogen (secondary N) is 3. The van der Waals surface area contributed by atoms with Gasteiger partial charge in [0, 0.05) is 46.1 Å². The number of hydrogen-bond acceptors (Lipinski definition) is 4. The van der Waals surface area contributed by atoms with Crippen LogP contribution in [0.5, 0.6) is 0 Å². The van der Waals surface area contributed by atoms with E-state index in [0.717, 1.165) is 11.1 Å². The van der Waals surface area contributed by atoms with E-state index in [1.165, 1.54) is 7.05 Å². The smallest absolute Gasteiger partial charge is 0.318 e. The van der Waals surface area contributed by atoms with Gasteiger partial charge in [0.05, 0.1) is 0 Å². The molecular formula is C29H42N6O4. The summed E-state index contributed by atoms with van der Waals surface area (Å²) in [6, 6.07) is 17.4. The van der Waals surface area contributed by atoms with Crippen molar-refractivity contribution in [2.75, 3.05) is 33.2 Å². The van der Waals surface area contributed by atoms with Crippen LogP contribution in [-0.4, -0.2) is 78.5 Å². The van der Waals surface area contributed by atoms with Crippen molar-refractivity contribution >= 4 is 23.9 Å². The molecule has 0 aromatic heterocycles. The van der Waals surface area contributed by atoms with Crippen LogP contribution in [0.2, 0.25) is 0 Å². The molecule has 0 fully saturated rings. The molecule has 0 aliphatic heterocycles. The number of nitrogens with two attached hydrogens (primary N) is 1. The molecule has 2 atom stereocenters. The third kappa shape index (κ3) is 9.63. The van der Waals surface area contributed by atoms with Crippen molar-refractivity contribution in [1.82, 2.24) is 25.8 Å². The molecule has 0 unspecified atom stereocenters. The number of carbonyl (C=O) groups is 4. The molecule has 212 valence electrons. The number of amides is 6. The second-order valence-electron chi connectivity index (χ2n) is 9.61. The summed E-state index contributed by atoms with van der Waals surface area (Å²) in [5, 5.41) is 8.26. The molecule has 2 rings (SSSR count). The van der Waals surface area contributed by atoms with Crippen LogP contribution in [0.25, 0.3) is 0 Å². The fourth-order valence-electron chi connectivity index (χ4n) is 4.24. The zero-order chi connectivity index (χ0) is 28.8. The van der Waals surface area contributed by atoms with Gasteiger partial charge in [-0.15, -0.1) is 0 Å². The summed E-state index contributed by atoms with van der Waals surface area (Å²) in [5.74, 6) is -0.893. The van der Waals surface area contributed by atoms with E-state index >= 15 is 0 Å². The molecule has 2 aromatic rings. The predicted octanol–water partition coefficient (Wildman–Crippen LogP) is 2.28. The molecule has 5 N–H and O–H groups in total. The molecule has 0 bridgehead atoms. The lowest BCUT2D eigenvalue weighted by atomic mass is 9.92. The van der Waals surface area contributed by atoms with Crippen LogP contribution in [0.15, 0.2) is 60.7 Å². The lowest BCUT2D eigenvalue weighted by Crippen LogP contribution is -2.59. The van der Waals surface area contributed by atoms with Gasteiger partial charge in [-0.05, 0) is 38.3 Å². The van der Waals surface area contributed by atoms with E-state index in [-0.39, 0.29) is 18.4 Å². The lowest BCUT2D eigenvalue weighted by Gasteiger charge is -2.32. The first-order valence-corrected chi connectivity index (χ1v) is 13.3. The van der Waals surface area contributed by atoms with Crippen LogP contribution in [0.1, 0.15) is 38.3 Å². The summed E-state index contributed by atoms with van der Waals surface area (Å²) in [7, 11) is 1.54. The summed E-state index contributed by atoms with van der Waals surface area (Å²) in [4.78, 5) is 54.0. The first-order chi connectivity index (χ1) is 18.6. The summed E-state index contributed by atoms with van der Waals surface area (Å²) in [6.07, 6.45) is 1.15. The van der Waals surface area contributed by atoms with Gasteiger partial charge in [-0.25, -0.2) is 9.59 Å². The number of likely N-dealkylation sites (N-methyl/N-ethyl adjacent to an activating group) is 1. The molecule has 39 heavy (non-hydrogen) atoms. The maximum absolute atomic E-state index is 13.1. The molecule has 2 aromatic carbocycles. The van der Waals surface area contributed by atoms with Gasteiger partial charge in [0.25, 0.3) is 0 Å². The third-order valence-electron chi connectivity index (χ3n) is 6.66. The highest BCUT2D eigenvalue weighted by Gasteiger charge is 2.34. The van der Waals surface area contributed by atoms with Gasteiger partial charge in [-0.1, -0.05) is 60.7 Å². The van der Waals surface area contributed by atoms with Crippen LogP contribution >= 0.6 is 0 Å². The van der Waals surface area contributed by atoms with E-state index in [1.807, 2.05) is 74.5 Å². The van der Waals surface area contributed by atoms with Crippen LogP contribution in [0, 0.1) is 0 Å². The van der Waals surface area contributed by atoms with Gasteiger partial charge in [-0.2, -0.15) is 0 Å². The molecule has 0 radical (unpaired) electrons. The Balaban J connectivity index is 1.96. The number of rotatable bonds is 14. The van der Waals surface area contributed by atoms with E-state index in [0.29, 0.717) is 39.0 Å². The van der Waals surface area contributed by atoms with E-state index < -0.39 is 23.5 Å². The Labute approximate surface area is 231 Å². The Morgan fingerprint density at radius 3 is 1.85 bits per heavy atom. The first kappa shape index (κ1) is 31.1. The summed E-state index contributed by atoms with van der Waals surface area (Å²) < 4.78 is 0. The molecule has 0 saturated carbocycles. The van der Waals surface area contributed by atoms with E-state index in [4.69, 9.17) is 5.73 Å². The second kappa shape index (κ2) is 15.4. The van der Waals surface area contributed by atoms with Gasteiger partial charge in [0.15, 0.2) is 0 Å². The van der Waals surface area contributed by atoms with Gasteiger partial charge >= 0.3 is 12.1 Å². The Hall–Kier alpha value is -4.08. The Morgan fingerprint density at radius 1 is 0.846 bits per heavy atom. The minimum atomic E-state index is -1.26. The van der Waals surface area contributed by atoms with Crippen molar-refractivity contribution in [3.63, 3.8) is 0 Å². The van der Waals surface area contributed by atoms with E-state index in [9.17, 15) is 19.2 Å². The van der Waals surface area contributed by atoms with Gasteiger partial charge in [0.2, 0.25) is 11.8 Å². The maximum atomic E-state index is 13.1. The minimum absolute atomic E-state index is 0.270. The second-order valence-corrected chi connectivity index (χ2v) is 9.61. The fourth-order valence-corrected chi connectivity index (χ4v) is 4.24. The number of nitrogens with zero attached hydrogens (tertiary/aromatic N) is 2. The fraction of sp³-hybridized carbons (Fsp3) is 0.448. The first-order valence-electron chi connectivity index (χ1n) is 13.3. The Kier molecular flexibility index (Phi) is 12.3. The van der Waals surface area contributed by atoms with Gasteiger partial charge in [0.1, 0.15) is 11.6 Å². The number of hydrogen-bond donors (Lipinski definition) is 4. The monoisotopic (exact) mass is 538 g/mol. The lowest BCUT2D eigenvalue weighted by molar-refractivity contribution is -0.123. The predicted molar refractivity (Wildman–Crippen MR) is 152 cm³/mol. The van der Waals surface area contributed by atoms with Gasteiger partial charge < -0.3 is 31.5 Å². The van der Waals surface area contributed by atoms with Crippen molar-refractivity contribution in [3.05, 3.63) is 71.8 Å². The molecule has 0 spiro atoms. The zero-order valence-corrected chi connectivity index (χ0v) is 23.4. The normalized spacial score (nSPS) is 12.9. The molecule has 10 nitrogen and oxygen atoms in total. The van der Waals surface area contributed by atoms with E-state index in [1.54, 1.807) is 16.7 Å². The molecule has 0 heterocycles. The molecule has 6 amide bonds. The Morgan fingerprint density at radius 2 is 1.36 bits per heavy atom. The van der Waals surface area contributed by atoms with Crippen molar-refractivity contribution in [1.29, 1.82) is 0 Å². The van der Waals surface area contributed by atoms with Crippen LogP contribution < -0.4 is 21.7 Å². The average Bonchev–Trinajstić information content (AvgIpc) is 2.93. The SMILES string of the molecule is CCN(CCCN(CC)C(=O)N[C@@](C)(Cc1ccccc1)C(N)=O)C(=O)N[C@@H](Cc1ccccc1)C(=O)NC. The largest absolute Gasteiger partial charge is 0.368 e. The standard InChI is InChI=1S/C29H42N6O4/c1-5-34(27(38)32-24(25(36)31-4)20-22-14-9-7-10-15-22)18-13-19-35(6-2)28(39)33-29(3,26(30)37)21-23-16-11-8-12-17-23/h7-12,14-17,24H,5-6,13,18-21H2,1-4H3,(H2,30,37)(H,31,36)(H,32,38)(H,33,39)/t24-,29-/m0/s1. The molecule has 0 aliphatic rings. The van der Waals surface area contributed by atoms with Crippen molar-refractivity contribution in [2.45, 2.75) is 51.6 Å². The Bertz CT molecular complexity index is 1080. The summed E-state index contributed by atoms with van der Waals surface area (Å²) in [6.45, 7) is 6.94. The maximum Gasteiger partial charge on any atom is 0.318 e. The number of primary amides is 1. The van der Waals surface area contributed by atoms with Crippen LogP contribution in [-0.2, 0) is 22.4 Å². The average molecular weight is 539 g/mol. The van der Waals surface area contributed by atoms with Crippen LogP contribution in [0.4, 0.5) is 9.59 Å². The highest BCUT2D eigenvalue weighted by molar-refractivity contribution is 5.90. The van der Waals surface area contributed by atoms with E-state index in [2.05, 4.69) is 16.0 Å². The number of carbonyl (C=O) groups excluding carboxylic acids is 4. The van der Waals surface area contributed by atoms with Crippen molar-refractivity contribution < 1.29 is 19.2 Å². The summed E-state index contributed by atoms with van der Waals surface area (Å²) >= 11 is 0. The number of urea groups is 2. The highest BCUT2D eigenvalue weighted by atomic mass is 16.2.